The first kappa shape index (κ1) is 32.0. The Morgan fingerprint density at radius 2 is 1.33 bits per heavy atom. The number of unbranched alkanes of at least 4 members (excludes halogenated alkanes) is 6. The molecule has 2 aliphatic rings. The van der Waals surface area contributed by atoms with Gasteiger partial charge in [0, 0.05) is 35.0 Å². The summed E-state index contributed by atoms with van der Waals surface area (Å²) in [5.74, 6) is 0.433. The lowest BCUT2D eigenvalue weighted by molar-refractivity contribution is -0.120. The minimum Gasteiger partial charge on any atom is -0.307 e. The van der Waals surface area contributed by atoms with Crippen molar-refractivity contribution >= 4 is 28.8 Å². The number of allylic oxidation sites excluding steroid dienone is 1. The van der Waals surface area contributed by atoms with Gasteiger partial charge in [0.25, 0.3) is 0 Å². The van der Waals surface area contributed by atoms with Gasteiger partial charge < -0.3 is 9.80 Å². The minimum absolute atomic E-state index is 0.206. The highest BCUT2D eigenvalue weighted by molar-refractivity contribution is 6.01. The van der Waals surface area contributed by atoms with Crippen LogP contribution < -0.4 is 9.80 Å². The maximum absolute atomic E-state index is 13.7. The lowest BCUT2D eigenvalue weighted by Crippen LogP contribution is -2.55. The van der Waals surface area contributed by atoms with Gasteiger partial charge in [0.2, 0.25) is 11.8 Å². The van der Waals surface area contributed by atoms with Crippen LogP contribution in [0, 0.1) is 0 Å². The Morgan fingerprint density at radius 1 is 0.738 bits per heavy atom. The molecule has 2 aliphatic heterocycles. The average Bonchev–Trinajstić information content (AvgIpc) is 2.92. The predicted molar refractivity (Wildman–Crippen MR) is 178 cm³/mol. The fourth-order valence-electron chi connectivity index (χ4n) is 7.69. The molecule has 0 aliphatic carbocycles. The second-order valence-corrected chi connectivity index (χ2v) is 14.1. The minimum atomic E-state index is -0.373. The van der Waals surface area contributed by atoms with Crippen LogP contribution in [-0.2, 0) is 15.0 Å². The summed E-state index contributed by atoms with van der Waals surface area (Å²) in [6.07, 6.45) is 13.0. The van der Waals surface area contributed by atoms with Crippen LogP contribution in [0.1, 0.15) is 143 Å². The van der Waals surface area contributed by atoms with Gasteiger partial charge >= 0.3 is 0 Å². The molecule has 4 rings (SSSR count). The maximum atomic E-state index is 13.7. The largest absolute Gasteiger partial charge is 0.307 e. The number of hydrogen-bond donors (Lipinski definition) is 0. The Bertz CT molecular complexity index is 1320. The van der Waals surface area contributed by atoms with E-state index in [0.717, 1.165) is 49.0 Å². The Morgan fingerprint density at radius 3 is 1.95 bits per heavy atom. The molecule has 0 fully saturated rings. The molecule has 4 heteroatoms. The van der Waals surface area contributed by atoms with Crippen molar-refractivity contribution in [1.29, 1.82) is 0 Å². The summed E-state index contributed by atoms with van der Waals surface area (Å²) >= 11 is 0. The van der Waals surface area contributed by atoms with Gasteiger partial charge in [-0.15, -0.1) is 0 Å². The molecule has 0 saturated carbocycles. The second kappa shape index (κ2) is 12.8. The number of carbonyl (C=O) groups is 2. The zero-order valence-corrected chi connectivity index (χ0v) is 27.6. The van der Waals surface area contributed by atoms with Crippen LogP contribution in [-0.4, -0.2) is 22.9 Å². The number of carbonyl (C=O) groups excluding carboxylic acids is 2. The SMILES string of the molecule is CCCCCCC(=O)N1c2ccc(C3(C)CC(C)(C)N(C(=O)CCCCCC)c4ccccc43)cc2C(C)=CC1(C)C. The average molecular weight is 571 g/mol. The van der Waals surface area contributed by atoms with Crippen molar-refractivity contribution < 1.29 is 9.59 Å². The Labute approximate surface area is 255 Å². The number of benzene rings is 2. The molecular weight excluding hydrogens is 516 g/mol. The van der Waals surface area contributed by atoms with E-state index in [2.05, 4.69) is 109 Å². The van der Waals surface area contributed by atoms with Crippen molar-refractivity contribution in [2.75, 3.05) is 9.80 Å². The molecule has 0 N–H and O–H groups in total. The quantitative estimate of drug-likeness (QED) is 0.252. The molecule has 0 radical (unpaired) electrons. The summed E-state index contributed by atoms with van der Waals surface area (Å²) < 4.78 is 0. The van der Waals surface area contributed by atoms with E-state index in [-0.39, 0.29) is 28.3 Å². The maximum Gasteiger partial charge on any atom is 0.227 e. The Balaban J connectivity index is 1.72. The third-order valence-corrected chi connectivity index (χ3v) is 9.56. The van der Waals surface area contributed by atoms with E-state index >= 15 is 0 Å². The van der Waals surface area contributed by atoms with Gasteiger partial charge in [-0.25, -0.2) is 0 Å². The van der Waals surface area contributed by atoms with Crippen molar-refractivity contribution in [2.45, 2.75) is 143 Å². The molecule has 1 atom stereocenters. The molecule has 0 bridgehead atoms. The van der Waals surface area contributed by atoms with E-state index in [4.69, 9.17) is 0 Å². The fourth-order valence-corrected chi connectivity index (χ4v) is 7.69. The first-order valence-electron chi connectivity index (χ1n) is 16.5. The van der Waals surface area contributed by atoms with Crippen molar-refractivity contribution in [1.82, 2.24) is 0 Å². The standard InChI is InChI=1S/C38H54N2O2/c1-9-11-13-15-21-34(41)39-32-24-23-29(25-30(32)28(3)26-36(39,4)5)38(8)27-37(6,7)40(33-20-18-17-19-31(33)38)35(42)22-16-14-12-10-2/h17-20,23-26H,9-16,21-22,27H2,1-8H3. The van der Waals surface area contributed by atoms with Crippen LogP contribution in [0.4, 0.5) is 11.4 Å². The van der Waals surface area contributed by atoms with Crippen molar-refractivity contribution in [3.63, 3.8) is 0 Å². The molecule has 2 aromatic rings. The highest BCUT2D eigenvalue weighted by Gasteiger charge is 2.48. The van der Waals surface area contributed by atoms with E-state index in [1.54, 1.807) is 0 Å². The molecule has 0 aromatic heterocycles. The van der Waals surface area contributed by atoms with E-state index in [9.17, 15) is 9.59 Å². The lowest BCUT2D eigenvalue weighted by atomic mass is 9.64. The molecule has 2 aromatic carbocycles. The molecule has 4 nitrogen and oxygen atoms in total. The van der Waals surface area contributed by atoms with Crippen LogP contribution in [0.3, 0.4) is 0 Å². The summed E-state index contributed by atoms with van der Waals surface area (Å²) in [6, 6.07) is 15.2. The first-order valence-corrected chi connectivity index (χ1v) is 16.5. The highest BCUT2D eigenvalue weighted by atomic mass is 16.2. The van der Waals surface area contributed by atoms with Gasteiger partial charge in [-0.1, -0.05) is 89.6 Å². The fraction of sp³-hybridized carbons (Fsp3) is 0.579. The van der Waals surface area contributed by atoms with Gasteiger partial charge in [0.15, 0.2) is 0 Å². The summed E-state index contributed by atoms with van der Waals surface area (Å²) in [5, 5.41) is 0. The number of fused-ring (bicyclic) bond motifs is 2. The molecule has 0 saturated heterocycles. The van der Waals surface area contributed by atoms with Crippen LogP contribution >= 0.6 is 0 Å². The van der Waals surface area contributed by atoms with Crippen LogP contribution in [0.2, 0.25) is 0 Å². The van der Waals surface area contributed by atoms with E-state index < -0.39 is 0 Å². The van der Waals surface area contributed by atoms with E-state index in [0.29, 0.717) is 12.8 Å². The molecule has 2 amide bonds. The number of amides is 2. The smallest absolute Gasteiger partial charge is 0.227 e. The highest BCUT2D eigenvalue weighted by Crippen LogP contribution is 2.52. The summed E-state index contributed by atoms with van der Waals surface area (Å²) in [5.41, 5.74) is 5.84. The zero-order valence-electron chi connectivity index (χ0n) is 27.6. The summed E-state index contributed by atoms with van der Waals surface area (Å²) in [6.45, 7) is 17.6. The van der Waals surface area contributed by atoms with Gasteiger partial charge in [-0.2, -0.15) is 0 Å². The Hall–Kier alpha value is -2.88. The van der Waals surface area contributed by atoms with Crippen molar-refractivity contribution in [3.05, 3.63) is 65.2 Å². The number of para-hydroxylation sites is 1. The molecule has 0 spiro atoms. The van der Waals surface area contributed by atoms with Gasteiger partial charge in [0.1, 0.15) is 0 Å². The monoisotopic (exact) mass is 570 g/mol. The molecular formula is C38H54N2O2. The van der Waals surface area contributed by atoms with Crippen LogP contribution in [0.25, 0.3) is 5.57 Å². The van der Waals surface area contributed by atoms with Gasteiger partial charge in [-0.05, 0) is 88.8 Å². The number of hydrogen-bond acceptors (Lipinski definition) is 2. The van der Waals surface area contributed by atoms with Gasteiger partial charge in [0.05, 0.1) is 11.2 Å². The van der Waals surface area contributed by atoms with E-state index in [1.165, 1.54) is 42.4 Å². The first-order chi connectivity index (χ1) is 19.9. The number of anilines is 2. The third kappa shape index (κ3) is 6.24. The van der Waals surface area contributed by atoms with Crippen molar-refractivity contribution in [3.8, 4) is 0 Å². The summed E-state index contributed by atoms with van der Waals surface area (Å²) in [7, 11) is 0. The zero-order chi connectivity index (χ0) is 30.7. The molecule has 1 unspecified atom stereocenters. The lowest BCUT2D eigenvalue weighted by Gasteiger charge is -2.51. The number of nitrogens with zero attached hydrogens (tertiary/aromatic N) is 2. The third-order valence-electron chi connectivity index (χ3n) is 9.56. The predicted octanol–water partition coefficient (Wildman–Crippen LogP) is 9.98. The summed E-state index contributed by atoms with van der Waals surface area (Å²) in [4.78, 5) is 31.4. The molecule has 42 heavy (non-hydrogen) atoms. The van der Waals surface area contributed by atoms with Crippen LogP contribution in [0.15, 0.2) is 48.5 Å². The van der Waals surface area contributed by atoms with Crippen molar-refractivity contribution in [2.24, 2.45) is 0 Å². The van der Waals surface area contributed by atoms with Crippen LogP contribution in [0.5, 0.6) is 0 Å². The molecule has 228 valence electrons. The topological polar surface area (TPSA) is 40.6 Å². The second-order valence-electron chi connectivity index (χ2n) is 14.1. The molecule has 2 heterocycles. The van der Waals surface area contributed by atoms with Gasteiger partial charge in [-0.3, -0.25) is 9.59 Å². The number of rotatable bonds is 11. The van der Waals surface area contributed by atoms with E-state index in [1.807, 2.05) is 4.90 Å². The normalized spacial score (nSPS) is 20.5. The Kier molecular flexibility index (Phi) is 9.75.